The zero-order valence-corrected chi connectivity index (χ0v) is 9.77. The molecule has 0 saturated carbocycles. The fourth-order valence-corrected chi connectivity index (χ4v) is 1.08. The molecule has 98 valence electrons. The minimum atomic E-state index is -1.29. The summed E-state index contributed by atoms with van der Waals surface area (Å²) < 4.78 is 5.08. The molecule has 0 rings (SSSR count). The number of carboxylic acid groups (broad SMARTS) is 1. The van der Waals surface area contributed by atoms with E-state index < -0.39 is 30.2 Å². The fourth-order valence-electron chi connectivity index (χ4n) is 1.08. The Bertz CT molecular complexity index is 280. The van der Waals surface area contributed by atoms with Crippen LogP contribution in [0.1, 0.15) is 26.2 Å². The van der Waals surface area contributed by atoms with Crippen LogP contribution in [-0.2, 0) is 19.1 Å². The molecule has 0 aromatic heterocycles. The molecule has 7 heteroatoms. The maximum Gasteiger partial charge on any atom is 0.326 e. The van der Waals surface area contributed by atoms with Gasteiger partial charge in [0.05, 0.1) is 13.0 Å². The van der Waals surface area contributed by atoms with Gasteiger partial charge in [0.1, 0.15) is 6.04 Å². The second-order valence-electron chi connectivity index (χ2n) is 3.49. The van der Waals surface area contributed by atoms with Crippen molar-refractivity contribution in [1.82, 2.24) is 5.32 Å². The summed E-state index contributed by atoms with van der Waals surface area (Å²) in [5, 5.41) is 10.9. The monoisotopic (exact) mass is 246 g/mol. The van der Waals surface area contributed by atoms with E-state index in [1.807, 2.05) is 6.92 Å². The molecule has 0 aliphatic rings. The highest BCUT2D eigenvalue weighted by atomic mass is 16.5. The Kier molecular flexibility index (Phi) is 7.70. The Hall–Kier alpha value is -1.63. The Morgan fingerprint density at radius 2 is 2.00 bits per heavy atom. The first-order chi connectivity index (χ1) is 7.97. The van der Waals surface area contributed by atoms with Crippen molar-refractivity contribution in [2.75, 3.05) is 13.2 Å². The molecule has 0 aliphatic carbocycles. The number of amides is 2. The van der Waals surface area contributed by atoms with Crippen molar-refractivity contribution >= 4 is 17.8 Å². The average molecular weight is 246 g/mol. The van der Waals surface area contributed by atoms with E-state index in [4.69, 9.17) is 15.6 Å². The fraction of sp³-hybridized carbons (Fsp3) is 0.700. The molecule has 2 amide bonds. The molecule has 7 nitrogen and oxygen atoms in total. The molecule has 0 spiro atoms. The van der Waals surface area contributed by atoms with E-state index in [2.05, 4.69) is 5.32 Å². The van der Waals surface area contributed by atoms with Crippen LogP contribution in [0.4, 0.5) is 0 Å². The highest BCUT2D eigenvalue weighted by Crippen LogP contribution is 1.94. The molecular weight excluding hydrogens is 228 g/mol. The lowest BCUT2D eigenvalue weighted by atomic mass is 10.2. The maximum atomic E-state index is 11.3. The van der Waals surface area contributed by atoms with Crippen molar-refractivity contribution in [3.8, 4) is 0 Å². The first kappa shape index (κ1) is 15.4. The molecule has 1 atom stereocenters. The highest BCUT2D eigenvalue weighted by molar-refractivity contribution is 5.88. The van der Waals surface area contributed by atoms with E-state index in [0.717, 1.165) is 6.42 Å². The van der Waals surface area contributed by atoms with Crippen LogP contribution < -0.4 is 11.1 Å². The van der Waals surface area contributed by atoms with Crippen LogP contribution in [0.2, 0.25) is 0 Å². The summed E-state index contributed by atoms with van der Waals surface area (Å²) in [7, 11) is 0. The molecule has 0 fully saturated rings. The number of primary amides is 1. The highest BCUT2D eigenvalue weighted by Gasteiger charge is 2.21. The van der Waals surface area contributed by atoms with Gasteiger partial charge >= 0.3 is 5.97 Å². The van der Waals surface area contributed by atoms with Gasteiger partial charge in [-0.25, -0.2) is 4.79 Å². The van der Waals surface area contributed by atoms with Gasteiger partial charge in [-0.05, 0) is 6.42 Å². The summed E-state index contributed by atoms with van der Waals surface area (Å²) in [4.78, 5) is 32.6. The number of carbonyl (C=O) groups excluding carboxylic acids is 2. The van der Waals surface area contributed by atoms with Crippen molar-refractivity contribution < 1.29 is 24.2 Å². The quantitative estimate of drug-likeness (QED) is 0.462. The summed E-state index contributed by atoms with van der Waals surface area (Å²) in [6.45, 7) is 2.72. The number of carbonyl (C=O) groups is 3. The lowest BCUT2D eigenvalue weighted by Crippen LogP contribution is -2.43. The van der Waals surface area contributed by atoms with E-state index >= 15 is 0 Å². The summed E-state index contributed by atoms with van der Waals surface area (Å²) in [6, 6.07) is -1.27. The molecule has 0 aromatic carbocycles. The number of hydrogen-bond donors (Lipinski definition) is 3. The molecule has 0 aliphatic heterocycles. The van der Waals surface area contributed by atoms with Crippen molar-refractivity contribution in [3.63, 3.8) is 0 Å². The molecular formula is C10H18N2O5. The molecule has 17 heavy (non-hydrogen) atoms. The smallest absolute Gasteiger partial charge is 0.326 e. The number of aliphatic carboxylic acids is 1. The van der Waals surface area contributed by atoms with E-state index in [1.165, 1.54) is 0 Å². The molecule has 0 heterocycles. The number of hydrogen-bond acceptors (Lipinski definition) is 4. The van der Waals surface area contributed by atoms with E-state index in [-0.39, 0.29) is 13.0 Å². The number of nitrogens with one attached hydrogen (secondary N) is 1. The van der Waals surface area contributed by atoms with Crippen LogP contribution in [0.25, 0.3) is 0 Å². The maximum absolute atomic E-state index is 11.3. The van der Waals surface area contributed by atoms with Crippen molar-refractivity contribution in [1.29, 1.82) is 0 Å². The minimum absolute atomic E-state index is 0.0581. The van der Waals surface area contributed by atoms with Crippen LogP contribution >= 0.6 is 0 Å². The van der Waals surface area contributed by atoms with Gasteiger partial charge in [-0.15, -0.1) is 0 Å². The number of ether oxygens (including phenoxy) is 1. The van der Waals surface area contributed by atoms with Crippen molar-refractivity contribution in [3.05, 3.63) is 0 Å². The topological polar surface area (TPSA) is 119 Å². The molecule has 0 aromatic rings. The predicted octanol–water partition coefficient (Wildman–Crippen LogP) is -0.752. The third-order valence-corrected chi connectivity index (χ3v) is 1.86. The normalized spacial score (nSPS) is 11.8. The van der Waals surface area contributed by atoms with Gasteiger partial charge in [0, 0.05) is 13.0 Å². The van der Waals surface area contributed by atoms with Crippen LogP contribution in [0.5, 0.6) is 0 Å². The first-order valence-corrected chi connectivity index (χ1v) is 5.35. The van der Waals surface area contributed by atoms with E-state index in [1.54, 1.807) is 0 Å². The van der Waals surface area contributed by atoms with Gasteiger partial charge in [-0.3, -0.25) is 9.59 Å². The zero-order chi connectivity index (χ0) is 13.3. The van der Waals surface area contributed by atoms with Crippen molar-refractivity contribution in [2.24, 2.45) is 5.73 Å². The standard InChI is InChI=1S/C10H18N2O5/c1-2-4-17-5-3-9(14)12-7(10(15)16)6-8(11)13/h7H,2-6H2,1H3,(H2,11,13)(H,12,14)(H,15,16). The van der Waals surface area contributed by atoms with Crippen LogP contribution in [0, 0.1) is 0 Å². The zero-order valence-electron chi connectivity index (χ0n) is 9.77. The summed E-state index contributed by atoms with van der Waals surface area (Å²) >= 11 is 0. The van der Waals surface area contributed by atoms with E-state index in [9.17, 15) is 14.4 Å². The van der Waals surface area contributed by atoms with Crippen LogP contribution in [0.15, 0.2) is 0 Å². The summed E-state index contributed by atoms with van der Waals surface area (Å²) in [5.41, 5.74) is 4.87. The third kappa shape index (κ3) is 8.21. The Balaban J connectivity index is 3.96. The first-order valence-electron chi connectivity index (χ1n) is 5.35. The SMILES string of the molecule is CCCOCCC(=O)NC(CC(N)=O)C(=O)O. The molecule has 1 unspecified atom stereocenters. The van der Waals surface area contributed by atoms with Crippen LogP contribution in [-0.4, -0.2) is 42.1 Å². The van der Waals surface area contributed by atoms with Gasteiger partial charge in [0.25, 0.3) is 0 Å². The number of carboxylic acids is 1. The van der Waals surface area contributed by atoms with Gasteiger partial charge in [0.2, 0.25) is 11.8 Å². The van der Waals surface area contributed by atoms with Crippen molar-refractivity contribution in [2.45, 2.75) is 32.2 Å². The minimum Gasteiger partial charge on any atom is -0.480 e. The van der Waals surface area contributed by atoms with Gasteiger partial charge in [-0.2, -0.15) is 0 Å². The van der Waals surface area contributed by atoms with Crippen LogP contribution in [0.3, 0.4) is 0 Å². The Morgan fingerprint density at radius 3 is 2.47 bits per heavy atom. The number of nitrogens with two attached hydrogens (primary N) is 1. The van der Waals surface area contributed by atoms with Gasteiger partial charge < -0.3 is 20.9 Å². The summed E-state index contributed by atoms with van der Waals surface area (Å²) in [6.07, 6.45) is 0.487. The lowest BCUT2D eigenvalue weighted by molar-refractivity contribution is -0.143. The Labute approximate surface area is 99.3 Å². The largest absolute Gasteiger partial charge is 0.480 e. The average Bonchev–Trinajstić information content (AvgIpc) is 2.22. The van der Waals surface area contributed by atoms with E-state index in [0.29, 0.717) is 6.61 Å². The second kappa shape index (κ2) is 8.51. The molecule has 4 N–H and O–H groups in total. The van der Waals surface area contributed by atoms with Gasteiger partial charge in [-0.1, -0.05) is 6.92 Å². The molecule has 0 radical (unpaired) electrons. The number of rotatable bonds is 9. The summed E-state index contributed by atoms with van der Waals surface area (Å²) in [5.74, 6) is -2.54. The predicted molar refractivity (Wildman–Crippen MR) is 59.1 cm³/mol. The molecule has 0 saturated heterocycles. The van der Waals surface area contributed by atoms with Gasteiger partial charge in [0.15, 0.2) is 0 Å². The molecule has 0 bridgehead atoms. The second-order valence-corrected chi connectivity index (χ2v) is 3.49. The Morgan fingerprint density at radius 1 is 1.35 bits per heavy atom. The third-order valence-electron chi connectivity index (χ3n) is 1.86. The lowest BCUT2D eigenvalue weighted by Gasteiger charge is -2.12.